The SMILES string of the molecule is CCCCCN(CCCC(=O)c1ccc(F)cc1)C(C)C. The van der Waals surface area contributed by atoms with Gasteiger partial charge in [0.15, 0.2) is 5.78 Å². The van der Waals surface area contributed by atoms with Crippen LogP contribution in [-0.2, 0) is 0 Å². The molecule has 0 amide bonds. The maximum Gasteiger partial charge on any atom is 0.162 e. The lowest BCUT2D eigenvalue weighted by Gasteiger charge is -2.26. The van der Waals surface area contributed by atoms with E-state index >= 15 is 0 Å². The summed E-state index contributed by atoms with van der Waals surface area (Å²) in [6.45, 7) is 8.67. The molecule has 0 heterocycles. The van der Waals surface area contributed by atoms with Crippen LogP contribution in [0.3, 0.4) is 0 Å². The Bertz CT molecular complexity index is 414. The summed E-state index contributed by atoms with van der Waals surface area (Å²) in [7, 11) is 0. The smallest absolute Gasteiger partial charge is 0.162 e. The quantitative estimate of drug-likeness (QED) is 0.461. The summed E-state index contributed by atoms with van der Waals surface area (Å²) in [5.74, 6) is -0.194. The first-order chi connectivity index (χ1) is 10.0. The van der Waals surface area contributed by atoms with Crippen LogP contribution in [0.4, 0.5) is 4.39 Å². The van der Waals surface area contributed by atoms with Crippen molar-refractivity contribution in [3.63, 3.8) is 0 Å². The Morgan fingerprint density at radius 3 is 2.29 bits per heavy atom. The molecule has 0 aliphatic rings. The minimum absolute atomic E-state index is 0.104. The highest BCUT2D eigenvalue weighted by atomic mass is 19.1. The van der Waals surface area contributed by atoms with Crippen LogP contribution < -0.4 is 0 Å². The molecule has 0 spiro atoms. The van der Waals surface area contributed by atoms with E-state index in [9.17, 15) is 9.18 Å². The fourth-order valence-corrected chi connectivity index (χ4v) is 2.42. The Hall–Kier alpha value is -1.22. The summed E-state index contributed by atoms with van der Waals surface area (Å²) in [5, 5.41) is 0. The van der Waals surface area contributed by atoms with Gasteiger partial charge >= 0.3 is 0 Å². The summed E-state index contributed by atoms with van der Waals surface area (Å²) >= 11 is 0. The number of rotatable bonds is 10. The van der Waals surface area contributed by atoms with Crippen LogP contribution in [0.25, 0.3) is 0 Å². The van der Waals surface area contributed by atoms with E-state index in [1.165, 1.54) is 31.4 Å². The molecule has 3 heteroatoms. The van der Waals surface area contributed by atoms with Gasteiger partial charge in [-0.1, -0.05) is 19.8 Å². The number of carbonyl (C=O) groups excluding carboxylic acids is 1. The lowest BCUT2D eigenvalue weighted by atomic mass is 10.1. The number of unbranched alkanes of at least 4 members (excludes halogenated alkanes) is 2. The second kappa shape index (κ2) is 9.67. The van der Waals surface area contributed by atoms with Crippen LogP contribution in [-0.4, -0.2) is 29.8 Å². The molecule has 1 rings (SSSR count). The average Bonchev–Trinajstić information content (AvgIpc) is 2.46. The number of halogens is 1. The van der Waals surface area contributed by atoms with Gasteiger partial charge in [-0.2, -0.15) is 0 Å². The molecule has 0 saturated heterocycles. The van der Waals surface area contributed by atoms with Crippen LogP contribution in [0.15, 0.2) is 24.3 Å². The third-order valence-electron chi connectivity index (χ3n) is 3.79. The van der Waals surface area contributed by atoms with Gasteiger partial charge in [0.2, 0.25) is 0 Å². The second-order valence-electron chi connectivity index (χ2n) is 5.87. The van der Waals surface area contributed by atoms with E-state index in [1.807, 2.05) is 0 Å². The maximum absolute atomic E-state index is 12.8. The Morgan fingerprint density at radius 2 is 1.71 bits per heavy atom. The lowest BCUT2D eigenvalue weighted by Crippen LogP contribution is -2.33. The van der Waals surface area contributed by atoms with E-state index in [-0.39, 0.29) is 11.6 Å². The summed E-state index contributed by atoms with van der Waals surface area (Å²) in [5.41, 5.74) is 0.610. The maximum atomic E-state index is 12.8. The second-order valence-corrected chi connectivity index (χ2v) is 5.87. The van der Waals surface area contributed by atoms with Crippen molar-refractivity contribution in [1.82, 2.24) is 4.90 Å². The molecule has 118 valence electrons. The van der Waals surface area contributed by atoms with Crippen molar-refractivity contribution in [2.45, 2.75) is 58.9 Å². The molecule has 0 aliphatic carbocycles. The lowest BCUT2D eigenvalue weighted by molar-refractivity contribution is 0.0971. The molecule has 0 bridgehead atoms. The minimum Gasteiger partial charge on any atom is -0.301 e. The van der Waals surface area contributed by atoms with Crippen molar-refractivity contribution in [2.24, 2.45) is 0 Å². The monoisotopic (exact) mass is 293 g/mol. The molecular formula is C18H28FNO. The summed E-state index contributed by atoms with van der Waals surface area (Å²) < 4.78 is 12.8. The van der Waals surface area contributed by atoms with Crippen molar-refractivity contribution < 1.29 is 9.18 Å². The van der Waals surface area contributed by atoms with Crippen LogP contribution in [0.2, 0.25) is 0 Å². The molecule has 21 heavy (non-hydrogen) atoms. The van der Waals surface area contributed by atoms with E-state index in [0.717, 1.165) is 19.5 Å². The Labute approximate surface area is 128 Å². The van der Waals surface area contributed by atoms with Crippen molar-refractivity contribution in [2.75, 3.05) is 13.1 Å². The molecular weight excluding hydrogens is 265 g/mol. The summed E-state index contributed by atoms with van der Waals surface area (Å²) in [4.78, 5) is 14.5. The molecule has 2 nitrogen and oxygen atoms in total. The molecule has 0 unspecified atom stereocenters. The molecule has 0 atom stereocenters. The fourth-order valence-electron chi connectivity index (χ4n) is 2.42. The number of carbonyl (C=O) groups is 1. The van der Waals surface area contributed by atoms with Gasteiger partial charge in [-0.15, -0.1) is 0 Å². The van der Waals surface area contributed by atoms with Gasteiger partial charge < -0.3 is 4.90 Å². The van der Waals surface area contributed by atoms with E-state index in [1.54, 1.807) is 12.1 Å². The number of ketones is 1. The highest BCUT2D eigenvalue weighted by Crippen LogP contribution is 2.10. The van der Waals surface area contributed by atoms with E-state index < -0.39 is 0 Å². The van der Waals surface area contributed by atoms with E-state index in [0.29, 0.717) is 18.0 Å². The van der Waals surface area contributed by atoms with Crippen molar-refractivity contribution in [3.8, 4) is 0 Å². The van der Waals surface area contributed by atoms with Crippen molar-refractivity contribution >= 4 is 5.78 Å². The van der Waals surface area contributed by atoms with Crippen LogP contribution in [0, 0.1) is 5.82 Å². The van der Waals surface area contributed by atoms with Gasteiger partial charge in [0, 0.05) is 18.0 Å². The van der Waals surface area contributed by atoms with Gasteiger partial charge in [-0.25, -0.2) is 4.39 Å². The van der Waals surface area contributed by atoms with E-state index in [4.69, 9.17) is 0 Å². The molecule has 0 fully saturated rings. The van der Waals surface area contributed by atoms with Gasteiger partial charge in [-0.3, -0.25) is 4.79 Å². The largest absolute Gasteiger partial charge is 0.301 e. The average molecular weight is 293 g/mol. The highest BCUT2D eigenvalue weighted by molar-refractivity contribution is 5.95. The number of nitrogens with zero attached hydrogens (tertiary/aromatic N) is 1. The Kier molecular flexibility index (Phi) is 8.21. The standard InChI is InChI=1S/C18H28FNO/c1-4-5-6-13-20(15(2)3)14-7-8-18(21)16-9-11-17(19)12-10-16/h9-12,15H,4-8,13-14H2,1-3H3. The van der Waals surface area contributed by atoms with Crippen molar-refractivity contribution in [3.05, 3.63) is 35.6 Å². The normalized spacial score (nSPS) is 11.3. The molecule has 0 aliphatic heterocycles. The minimum atomic E-state index is -0.298. The van der Waals surface area contributed by atoms with Crippen LogP contribution >= 0.6 is 0 Å². The third kappa shape index (κ3) is 6.85. The zero-order valence-electron chi connectivity index (χ0n) is 13.6. The predicted molar refractivity (Wildman–Crippen MR) is 86.2 cm³/mol. The summed E-state index contributed by atoms with van der Waals surface area (Å²) in [6, 6.07) is 6.34. The molecule has 1 aromatic rings. The van der Waals surface area contributed by atoms with Crippen molar-refractivity contribution in [1.29, 1.82) is 0 Å². The van der Waals surface area contributed by atoms with Gasteiger partial charge in [0.25, 0.3) is 0 Å². The predicted octanol–water partition coefficient (Wildman–Crippen LogP) is 4.69. The fraction of sp³-hybridized carbons (Fsp3) is 0.611. The highest BCUT2D eigenvalue weighted by Gasteiger charge is 2.11. The molecule has 1 aromatic carbocycles. The molecule has 0 aromatic heterocycles. The molecule has 0 radical (unpaired) electrons. The number of hydrogen-bond donors (Lipinski definition) is 0. The first-order valence-corrected chi connectivity index (χ1v) is 8.07. The van der Waals surface area contributed by atoms with Gasteiger partial charge in [-0.05, 0) is 64.0 Å². The summed E-state index contributed by atoms with van der Waals surface area (Å²) in [6.07, 6.45) is 5.11. The molecule has 0 N–H and O–H groups in total. The van der Waals surface area contributed by atoms with Crippen LogP contribution in [0.5, 0.6) is 0 Å². The van der Waals surface area contributed by atoms with Gasteiger partial charge in [0.05, 0.1) is 0 Å². The molecule has 0 saturated carbocycles. The number of benzene rings is 1. The zero-order chi connectivity index (χ0) is 15.7. The first kappa shape index (κ1) is 17.8. The number of Topliss-reactive ketones (excluding diaryl/α,β-unsaturated/α-hetero) is 1. The van der Waals surface area contributed by atoms with Gasteiger partial charge in [0.1, 0.15) is 5.82 Å². The van der Waals surface area contributed by atoms with E-state index in [2.05, 4.69) is 25.7 Å². The number of hydrogen-bond acceptors (Lipinski definition) is 2. The third-order valence-corrected chi connectivity index (χ3v) is 3.79. The van der Waals surface area contributed by atoms with Crippen LogP contribution in [0.1, 0.15) is 63.2 Å². The first-order valence-electron chi connectivity index (χ1n) is 8.07. The Morgan fingerprint density at radius 1 is 1.10 bits per heavy atom. The topological polar surface area (TPSA) is 20.3 Å². The Balaban J connectivity index is 2.35. The zero-order valence-corrected chi connectivity index (χ0v) is 13.6.